The average Bonchev–Trinajstić information content (AvgIpc) is 2.54. The summed E-state index contributed by atoms with van der Waals surface area (Å²) < 4.78 is 33.8. The summed E-state index contributed by atoms with van der Waals surface area (Å²) >= 11 is 0. The van der Waals surface area contributed by atoms with Gasteiger partial charge in [-0.25, -0.2) is 0 Å². The van der Waals surface area contributed by atoms with Crippen molar-refractivity contribution in [3.05, 3.63) is 64.2 Å². The van der Waals surface area contributed by atoms with Gasteiger partial charge in [-0.2, -0.15) is 8.78 Å². The van der Waals surface area contributed by atoms with Crippen LogP contribution in [-0.2, 0) is 0 Å². The summed E-state index contributed by atoms with van der Waals surface area (Å²) in [4.78, 5) is 22.4. The molecule has 0 amide bonds. The molecule has 6 nitrogen and oxygen atoms in total. The summed E-state index contributed by atoms with van der Waals surface area (Å²) in [5.41, 5.74) is 0.0928. The number of alkyl halides is 2. The lowest BCUT2D eigenvalue weighted by atomic mass is 10.1. The molecule has 0 spiro atoms. The first-order chi connectivity index (χ1) is 11.4. The van der Waals surface area contributed by atoms with E-state index < -0.39 is 23.4 Å². The van der Waals surface area contributed by atoms with Crippen molar-refractivity contribution in [3.63, 3.8) is 0 Å². The molecule has 2 aromatic rings. The van der Waals surface area contributed by atoms with Crippen molar-refractivity contribution in [2.45, 2.75) is 19.6 Å². The Hall–Kier alpha value is -3.03. The Bertz CT molecular complexity index is 734. The topological polar surface area (TPSA) is 78.7 Å². The van der Waals surface area contributed by atoms with Gasteiger partial charge in [0.2, 0.25) is 5.78 Å². The molecule has 0 bridgehead atoms. The molecule has 0 radical (unpaired) electrons. The van der Waals surface area contributed by atoms with Crippen molar-refractivity contribution in [2.75, 3.05) is 0 Å². The number of halogens is 2. The van der Waals surface area contributed by atoms with Crippen LogP contribution in [-0.4, -0.2) is 23.4 Å². The highest BCUT2D eigenvalue weighted by molar-refractivity contribution is 5.99. The predicted molar refractivity (Wildman–Crippen MR) is 80.6 cm³/mol. The highest BCUT2D eigenvalue weighted by atomic mass is 19.3. The van der Waals surface area contributed by atoms with E-state index in [9.17, 15) is 23.7 Å². The number of rotatable bonds is 7. The van der Waals surface area contributed by atoms with Crippen LogP contribution in [0.2, 0.25) is 0 Å². The van der Waals surface area contributed by atoms with Gasteiger partial charge in [-0.15, -0.1) is 0 Å². The molecule has 0 aromatic heterocycles. The second-order valence-electron chi connectivity index (χ2n) is 4.78. The number of ether oxygens (including phenoxy) is 2. The molecule has 2 aromatic carbocycles. The number of carbonyl (C=O) groups is 1. The Kier molecular flexibility index (Phi) is 5.41. The Labute approximate surface area is 135 Å². The van der Waals surface area contributed by atoms with Gasteiger partial charge < -0.3 is 9.47 Å². The molecule has 0 fully saturated rings. The van der Waals surface area contributed by atoms with Crippen molar-refractivity contribution in [3.8, 4) is 11.5 Å². The largest absolute Gasteiger partial charge is 0.482 e. The maximum atomic E-state index is 12.3. The maximum absolute atomic E-state index is 12.3. The van der Waals surface area contributed by atoms with Crippen molar-refractivity contribution < 1.29 is 28.0 Å². The molecule has 0 aliphatic carbocycles. The fourth-order valence-corrected chi connectivity index (χ4v) is 1.96. The Balaban J connectivity index is 2.06. The van der Waals surface area contributed by atoms with Crippen LogP contribution in [0.4, 0.5) is 14.5 Å². The van der Waals surface area contributed by atoms with Crippen molar-refractivity contribution in [1.29, 1.82) is 0 Å². The van der Waals surface area contributed by atoms with Gasteiger partial charge in [-0.1, -0.05) is 6.07 Å². The smallest absolute Gasteiger partial charge is 0.387 e. The zero-order chi connectivity index (χ0) is 17.7. The number of benzene rings is 2. The summed E-state index contributed by atoms with van der Waals surface area (Å²) in [6, 6.07) is 10.6. The van der Waals surface area contributed by atoms with Gasteiger partial charge in [-0.3, -0.25) is 14.9 Å². The molecule has 0 saturated carbocycles. The van der Waals surface area contributed by atoms with E-state index in [2.05, 4.69) is 4.74 Å². The van der Waals surface area contributed by atoms with Gasteiger partial charge in [0.25, 0.3) is 5.69 Å². The Morgan fingerprint density at radius 2 is 1.75 bits per heavy atom. The van der Waals surface area contributed by atoms with Crippen molar-refractivity contribution >= 4 is 11.5 Å². The third kappa shape index (κ3) is 4.48. The average molecular weight is 337 g/mol. The molecule has 0 unspecified atom stereocenters. The van der Waals surface area contributed by atoms with Crippen LogP contribution in [0, 0.1) is 10.1 Å². The van der Waals surface area contributed by atoms with E-state index in [1.54, 1.807) is 0 Å². The molecule has 0 aliphatic rings. The van der Waals surface area contributed by atoms with E-state index in [0.717, 1.165) is 0 Å². The molecule has 2 rings (SSSR count). The van der Waals surface area contributed by atoms with E-state index in [1.165, 1.54) is 55.5 Å². The minimum Gasteiger partial charge on any atom is -0.482 e. The standard InChI is InChI=1S/C16H13F2NO5/c1-10(23-14-4-2-3-12(9-14)19(21)22)15(20)11-5-7-13(8-6-11)24-16(17)18/h2-10,16H,1H3/t10-/m1/s1. The van der Waals surface area contributed by atoms with Gasteiger partial charge in [0.1, 0.15) is 11.5 Å². The minimum absolute atomic E-state index is 0.0613. The summed E-state index contributed by atoms with van der Waals surface area (Å²) in [7, 11) is 0. The van der Waals surface area contributed by atoms with Crippen LogP contribution < -0.4 is 9.47 Å². The van der Waals surface area contributed by atoms with Crippen LogP contribution in [0.5, 0.6) is 11.5 Å². The van der Waals surface area contributed by atoms with E-state index in [1.807, 2.05) is 0 Å². The number of ketones is 1. The number of nitro groups is 1. The molecule has 1 atom stereocenters. The first-order valence-electron chi connectivity index (χ1n) is 6.87. The third-order valence-corrected chi connectivity index (χ3v) is 3.07. The van der Waals surface area contributed by atoms with Crippen molar-refractivity contribution in [1.82, 2.24) is 0 Å². The lowest BCUT2D eigenvalue weighted by molar-refractivity contribution is -0.384. The highest BCUT2D eigenvalue weighted by Gasteiger charge is 2.18. The molecular formula is C16H13F2NO5. The lowest BCUT2D eigenvalue weighted by Gasteiger charge is -2.14. The monoisotopic (exact) mass is 337 g/mol. The van der Waals surface area contributed by atoms with E-state index in [4.69, 9.17) is 4.74 Å². The first-order valence-corrected chi connectivity index (χ1v) is 6.87. The van der Waals surface area contributed by atoms with Crippen LogP contribution >= 0.6 is 0 Å². The van der Waals surface area contributed by atoms with E-state index >= 15 is 0 Å². The van der Waals surface area contributed by atoms with Gasteiger partial charge in [0.05, 0.1) is 11.0 Å². The second kappa shape index (κ2) is 7.49. The number of carbonyl (C=O) groups excluding carboxylic acids is 1. The van der Waals surface area contributed by atoms with E-state index in [-0.39, 0.29) is 22.7 Å². The molecular weight excluding hydrogens is 324 g/mol. The molecule has 0 N–H and O–H groups in total. The van der Waals surface area contributed by atoms with Gasteiger partial charge in [-0.05, 0) is 37.3 Å². The number of hydrogen-bond acceptors (Lipinski definition) is 5. The third-order valence-electron chi connectivity index (χ3n) is 3.07. The summed E-state index contributed by atoms with van der Waals surface area (Å²) in [6.45, 7) is -1.45. The number of nitrogens with zero attached hydrogens (tertiary/aromatic N) is 1. The fourth-order valence-electron chi connectivity index (χ4n) is 1.96. The predicted octanol–water partition coefficient (Wildman–Crippen LogP) is 3.85. The SMILES string of the molecule is C[C@@H](Oc1cccc([N+](=O)[O-])c1)C(=O)c1ccc(OC(F)F)cc1. The maximum Gasteiger partial charge on any atom is 0.387 e. The molecule has 0 aliphatic heterocycles. The summed E-state index contributed by atoms with van der Waals surface area (Å²) in [5.74, 6) is -0.276. The summed E-state index contributed by atoms with van der Waals surface area (Å²) in [6.07, 6.45) is -0.908. The van der Waals surface area contributed by atoms with Gasteiger partial charge in [0, 0.05) is 11.6 Å². The number of hydrogen-bond donors (Lipinski definition) is 0. The zero-order valence-corrected chi connectivity index (χ0v) is 12.5. The number of non-ortho nitro benzene ring substituents is 1. The van der Waals surface area contributed by atoms with Crippen LogP contribution in [0.25, 0.3) is 0 Å². The normalized spacial score (nSPS) is 11.8. The minimum atomic E-state index is -2.94. The Morgan fingerprint density at radius 1 is 1.08 bits per heavy atom. The van der Waals surface area contributed by atoms with Crippen LogP contribution in [0.1, 0.15) is 17.3 Å². The highest BCUT2D eigenvalue weighted by Crippen LogP contribution is 2.22. The number of nitro benzene ring substituents is 1. The van der Waals surface area contributed by atoms with Crippen molar-refractivity contribution in [2.24, 2.45) is 0 Å². The summed E-state index contributed by atoms with van der Waals surface area (Å²) in [5, 5.41) is 10.7. The second-order valence-corrected chi connectivity index (χ2v) is 4.78. The molecule has 8 heteroatoms. The number of Topliss-reactive ketones (excluding diaryl/α,β-unsaturated/α-hetero) is 1. The van der Waals surface area contributed by atoms with Gasteiger partial charge >= 0.3 is 6.61 Å². The van der Waals surface area contributed by atoms with Gasteiger partial charge in [0.15, 0.2) is 6.10 Å². The lowest BCUT2D eigenvalue weighted by Crippen LogP contribution is -2.23. The zero-order valence-electron chi connectivity index (χ0n) is 12.5. The van der Waals surface area contributed by atoms with Crippen LogP contribution in [0.3, 0.4) is 0 Å². The van der Waals surface area contributed by atoms with E-state index in [0.29, 0.717) is 0 Å². The first kappa shape index (κ1) is 17.3. The quantitative estimate of drug-likeness (QED) is 0.436. The molecule has 126 valence electrons. The molecule has 0 saturated heterocycles. The molecule has 0 heterocycles. The Morgan fingerprint density at radius 3 is 2.33 bits per heavy atom. The van der Waals surface area contributed by atoms with Crippen LogP contribution in [0.15, 0.2) is 48.5 Å². The molecule has 24 heavy (non-hydrogen) atoms. The fraction of sp³-hybridized carbons (Fsp3) is 0.188.